The number of nitrogens with one attached hydrogen (secondary N) is 1. The molecular formula is C27H35N5O. The van der Waals surface area contributed by atoms with Crippen molar-refractivity contribution in [2.24, 2.45) is 5.92 Å². The van der Waals surface area contributed by atoms with E-state index in [4.69, 9.17) is 0 Å². The Balaban J connectivity index is 1.52. The molecule has 33 heavy (non-hydrogen) atoms. The molecule has 1 aromatic carbocycles. The Hall–Kier alpha value is -2.70. The number of piperazine rings is 1. The average Bonchev–Trinajstić information content (AvgIpc) is 3.07. The van der Waals surface area contributed by atoms with Crippen molar-refractivity contribution in [2.75, 3.05) is 33.2 Å². The Bertz CT molecular complexity index is 1110. The predicted octanol–water partition coefficient (Wildman–Crippen LogP) is 3.46. The highest BCUT2D eigenvalue weighted by Gasteiger charge is 2.33. The summed E-state index contributed by atoms with van der Waals surface area (Å²) < 4.78 is 2.33. The summed E-state index contributed by atoms with van der Waals surface area (Å²) in [6.07, 6.45) is 7.76. The molecular weight excluding hydrogens is 410 g/mol. The number of rotatable bonds is 5. The second-order valence-electron chi connectivity index (χ2n) is 10.1. The molecule has 1 amide bonds. The molecule has 0 saturated carbocycles. The average molecular weight is 446 g/mol. The fourth-order valence-electron chi connectivity index (χ4n) is 5.42. The molecule has 5 rings (SSSR count). The third kappa shape index (κ3) is 4.55. The molecule has 4 heterocycles. The number of benzene rings is 1. The fraction of sp³-hybridized carbons (Fsp3) is 0.481. The molecule has 2 unspecified atom stereocenters. The number of hydrogen-bond donors (Lipinski definition) is 1. The molecule has 0 bridgehead atoms. The molecule has 2 aromatic heterocycles. The number of carbonyl (C=O) groups is 1. The Morgan fingerprint density at radius 2 is 1.97 bits per heavy atom. The Morgan fingerprint density at radius 3 is 2.70 bits per heavy atom. The maximum Gasteiger partial charge on any atom is 0.240 e. The number of likely N-dealkylation sites (N-methyl/N-ethyl adjacent to an activating group) is 1. The normalized spacial score (nSPS) is 21.5. The molecule has 1 saturated heterocycles. The van der Waals surface area contributed by atoms with Crippen molar-refractivity contribution in [1.29, 1.82) is 0 Å². The van der Waals surface area contributed by atoms with Crippen LogP contribution in [-0.2, 0) is 17.8 Å². The van der Waals surface area contributed by atoms with E-state index in [2.05, 4.69) is 76.0 Å². The van der Waals surface area contributed by atoms with Gasteiger partial charge in [0.05, 0.1) is 6.04 Å². The number of pyridine rings is 1. The van der Waals surface area contributed by atoms with Crippen LogP contribution >= 0.6 is 0 Å². The zero-order chi connectivity index (χ0) is 22.9. The van der Waals surface area contributed by atoms with Crippen LogP contribution in [0.3, 0.4) is 0 Å². The minimum Gasteiger partial charge on any atom is -0.343 e. The number of aromatic nitrogens is 2. The van der Waals surface area contributed by atoms with Crippen LogP contribution in [0.4, 0.5) is 0 Å². The van der Waals surface area contributed by atoms with Gasteiger partial charge in [0.1, 0.15) is 0 Å². The highest BCUT2D eigenvalue weighted by atomic mass is 16.2. The zero-order valence-corrected chi connectivity index (χ0v) is 20.0. The van der Waals surface area contributed by atoms with Crippen LogP contribution in [0.1, 0.15) is 43.0 Å². The van der Waals surface area contributed by atoms with Gasteiger partial charge in [-0.15, -0.1) is 0 Å². The van der Waals surface area contributed by atoms with Crippen molar-refractivity contribution in [2.45, 2.75) is 45.3 Å². The lowest BCUT2D eigenvalue weighted by atomic mass is 9.94. The molecule has 1 fully saturated rings. The van der Waals surface area contributed by atoms with Crippen LogP contribution in [-0.4, -0.2) is 64.5 Å². The monoisotopic (exact) mass is 445 g/mol. The minimum absolute atomic E-state index is 0.172. The molecule has 0 radical (unpaired) electrons. The smallest absolute Gasteiger partial charge is 0.240 e. The lowest BCUT2D eigenvalue weighted by molar-refractivity contribution is -0.135. The van der Waals surface area contributed by atoms with Gasteiger partial charge in [0.25, 0.3) is 0 Å². The van der Waals surface area contributed by atoms with Crippen LogP contribution < -0.4 is 5.32 Å². The van der Waals surface area contributed by atoms with Gasteiger partial charge in [0.2, 0.25) is 5.91 Å². The van der Waals surface area contributed by atoms with E-state index >= 15 is 0 Å². The van der Waals surface area contributed by atoms with Gasteiger partial charge in [-0.25, -0.2) is 0 Å². The van der Waals surface area contributed by atoms with Crippen LogP contribution in [0, 0.1) is 5.92 Å². The number of hydrogen-bond acceptors (Lipinski definition) is 4. The van der Waals surface area contributed by atoms with Crippen molar-refractivity contribution >= 4 is 16.8 Å². The largest absolute Gasteiger partial charge is 0.343 e. The zero-order valence-electron chi connectivity index (χ0n) is 20.0. The lowest BCUT2D eigenvalue weighted by Crippen LogP contribution is -2.54. The van der Waals surface area contributed by atoms with E-state index in [1.54, 1.807) is 0 Å². The molecule has 3 aromatic rings. The van der Waals surface area contributed by atoms with Gasteiger partial charge >= 0.3 is 0 Å². The molecule has 2 aliphatic heterocycles. The summed E-state index contributed by atoms with van der Waals surface area (Å²) in [4.78, 5) is 22.3. The summed E-state index contributed by atoms with van der Waals surface area (Å²) in [7, 11) is 2.13. The highest BCUT2D eigenvalue weighted by molar-refractivity contribution is 5.90. The van der Waals surface area contributed by atoms with E-state index in [9.17, 15) is 4.79 Å². The standard InChI is InChI=1S/C27H35N5O/c1-19(2)14-23-22-7-4-8-25-26(22)21(18-32(25)17-20-6-5-9-28-16-20)15-24(29-23)27(33)31-12-10-30(3)11-13-31/h4-9,16,18-19,23-24,29H,10-15,17H2,1-3H3. The molecule has 6 nitrogen and oxygen atoms in total. The minimum atomic E-state index is -0.193. The first-order valence-electron chi connectivity index (χ1n) is 12.2. The highest BCUT2D eigenvalue weighted by Crippen LogP contribution is 2.36. The molecule has 174 valence electrons. The molecule has 6 heteroatoms. The van der Waals surface area contributed by atoms with Gasteiger partial charge in [0, 0.05) is 68.3 Å². The van der Waals surface area contributed by atoms with E-state index in [1.165, 1.54) is 27.6 Å². The summed E-state index contributed by atoms with van der Waals surface area (Å²) in [6, 6.07) is 10.7. The van der Waals surface area contributed by atoms with Gasteiger partial charge in [-0.05, 0) is 54.6 Å². The number of nitrogens with zero attached hydrogens (tertiary/aromatic N) is 4. The van der Waals surface area contributed by atoms with E-state index in [0.717, 1.165) is 45.6 Å². The molecule has 0 spiro atoms. The first-order chi connectivity index (χ1) is 16.0. The summed E-state index contributed by atoms with van der Waals surface area (Å²) in [5, 5.41) is 5.12. The molecule has 2 aliphatic rings. The first-order valence-corrected chi connectivity index (χ1v) is 12.2. The summed E-state index contributed by atoms with van der Waals surface area (Å²) >= 11 is 0. The maximum absolute atomic E-state index is 13.6. The summed E-state index contributed by atoms with van der Waals surface area (Å²) in [5.41, 5.74) is 5.03. The quantitative estimate of drug-likeness (QED) is 0.654. The first kappa shape index (κ1) is 22.1. The van der Waals surface area contributed by atoms with Crippen molar-refractivity contribution in [3.63, 3.8) is 0 Å². The number of carbonyl (C=O) groups excluding carboxylic acids is 1. The van der Waals surface area contributed by atoms with E-state index in [0.29, 0.717) is 5.92 Å². The predicted molar refractivity (Wildman–Crippen MR) is 132 cm³/mol. The second-order valence-corrected chi connectivity index (χ2v) is 10.1. The van der Waals surface area contributed by atoms with Crippen LogP contribution in [0.15, 0.2) is 48.9 Å². The van der Waals surface area contributed by atoms with E-state index in [1.807, 2.05) is 18.5 Å². The topological polar surface area (TPSA) is 53.4 Å². The SMILES string of the molecule is CC(C)CC1NC(C(=O)N2CCN(C)CC2)Cc2cn(Cc3cccnc3)c3cccc1c23. The Labute approximate surface area is 196 Å². The fourth-order valence-corrected chi connectivity index (χ4v) is 5.42. The second kappa shape index (κ2) is 9.27. The molecule has 1 N–H and O–H groups in total. The van der Waals surface area contributed by atoms with Gasteiger partial charge in [0.15, 0.2) is 0 Å². The van der Waals surface area contributed by atoms with Crippen molar-refractivity contribution in [3.05, 3.63) is 65.6 Å². The van der Waals surface area contributed by atoms with Gasteiger partial charge in [-0.2, -0.15) is 0 Å². The summed E-state index contributed by atoms with van der Waals surface area (Å²) in [5.74, 6) is 0.786. The van der Waals surface area contributed by atoms with Crippen molar-refractivity contribution in [1.82, 2.24) is 24.7 Å². The van der Waals surface area contributed by atoms with Crippen molar-refractivity contribution in [3.8, 4) is 0 Å². The van der Waals surface area contributed by atoms with E-state index in [-0.39, 0.29) is 18.0 Å². The number of amides is 1. The van der Waals surface area contributed by atoms with Crippen LogP contribution in [0.25, 0.3) is 10.9 Å². The maximum atomic E-state index is 13.6. The van der Waals surface area contributed by atoms with Crippen LogP contribution in [0.2, 0.25) is 0 Å². The Morgan fingerprint density at radius 1 is 1.15 bits per heavy atom. The molecule has 0 aliphatic carbocycles. The van der Waals surface area contributed by atoms with E-state index < -0.39 is 0 Å². The third-order valence-electron chi connectivity index (χ3n) is 7.11. The van der Waals surface area contributed by atoms with Gasteiger partial charge < -0.3 is 14.4 Å². The third-order valence-corrected chi connectivity index (χ3v) is 7.11. The van der Waals surface area contributed by atoms with Crippen molar-refractivity contribution < 1.29 is 4.79 Å². The van der Waals surface area contributed by atoms with Gasteiger partial charge in [-0.1, -0.05) is 32.0 Å². The van der Waals surface area contributed by atoms with Crippen LogP contribution in [0.5, 0.6) is 0 Å². The molecule has 2 atom stereocenters. The lowest BCUT2D eigenvalue weighted by Gasteiger charge is -2.35. The Kier molecular flexibility index (Phi) is 6.21. The summed E-state index contributed by atoms with van der Waals surface area (Å²) in [6.45, 7) is 8.82. The van der Waals surface area contributed by atoms with Gasteiger partial charge in [-0.3, -0.25) is 15.1 Å².